The summed E-state index contributed by atoms with van der Waals surface area (Å²) in [5, 5.41) is 0.348. The van der Waals surface area contributed by atoms with Crippen LogP contribution < -0.4 is 5.73 Å². The topological polar surface area (TPSA) is 26.0 Å². The van der Waals surface area contributed by atoms with Crippen LogP contribution in [0.3, 0.4) is 0 Å². The Labute approximate surface area is 132 Å². The minimum absolute atomic E-state index is 0.110. The zero-order valence-electron chi connectivity index (χ0n) is 12.9. The molecule has 0 aliphatic heterocycles. The van der Waals surface area contributed by atoms with E-state index in [1.165, 1.54) is 51.4 Å². The first-order chi connectivity index (χ1) is 10.3. The van der Waals surface area contributed by atoms with E-state index in [9.17, 15) is 4.39 Å². The smallest absolute Gasteiger partial charge is 0.136 e. The molecule has 2 rings (SSSR count). The number of halogens is 1. The molecule has 2 atom stereocenters. The summed E-state index contributed by atoms with van der Waals surface area (Å²) in [5.74, 6) is -0.110. The zero-order valence-corrected chi connectivity index (χ0v) is 13.7. The Kier molecular flexibility index (Phi) is 7.59. The summed E-state index contributed by atoms with van der Waals surface area (Å²) in [4.78, 5) is 0.755. The highest BCUT2D eigenvalue weighted by Crippen LogP contribution is 2.32. The molecule has 1 aromatic carbocycles. The van der Waals surface area contributed by atoms with Gasteiger partial charge >= 0.3 is 0 Å². The van der Waals surface area contributed by atoms with E-state index in [2.05, 4.69) is 0 Å². The molecule has 0 aromatic heterocycles. The summed E-state index contributed by atoms with van der Waals surface area (Å²) in [6, 6.07) is 7.27. The minimum Gasteiger partial charge on any atom is -0.327 e. The van der Waals surface area contributed by atoms with Gasteiger partial charge in [0.15, 0.2) is 0 Å². The number of benzene rings is 1. The molecule has 0 amide bonds. The van der Waals surface area contributed by atoms with Crippen LogP contribution in [0.15, 0.2) is 29.2 Å². The van der Waals surface area contributed by atoms with Crippen molar-refractivity contribution in [3.8, 4) is 0 Å². The van der Waals surface area contributed by atoms with Gasteiger partial charge in [0.05, 0.1) is 0 Å². The molecule has 0 bridgehead atoms. The fourth-order valence-corrected chi connectivity index (χ4v) is 4.30. The SMILES string of the molecule is NC1CCCCCCCCCCC1Sc1ccccc1F. The normalized spacial score (nSPS) is 25.8. The van der Waals surface area contributed by atoms with Crippen LogP contribution in [0.25, 0.3) is 0 Å². The Morgan fingerprint density at radius 3 is 2.10 bits per heavy atom. The summed E-state index contributed by atoms with van der Waals surface area (Å²) in [6.45, 7) is 0. The van der Waals surface area contributed by atoms with Crippen molar-refractivity contribution >= 4 is 11.8 Å². The second-order valence-corrected chi connectivity index (χ2v) is 7.44. The maximum absolute atomic E-state index is 13.9. The number of hydrogen-bond acceptors (Lipinski definition) is 2. The van der Waals surface area contributed by atoms with Gasteiger partial charge < -0.3 is 5.73 Å². The summed E-state index contributed by atoms with van der Waals surface area (Å²) in [5.41, 5.74) is 6.41. The predicted molar refractivity (Wildman–Crippen MR) is 90.2 cm³/mol. The van der Waals surface area contributed by atoms with Crippen molar-refractivity contribution < 1.29 is 4.39 Å². The van der Waals surface area contributed by atoms with Crippen molar-refractivity contribution in [2.45, 2.75) is 80.4 Å². The van der Waals surface area contributed by atoms with Crippen LogP contribution in [0.1, 0.15) is 64.2 Å². The molecule has 2 unspecified atom stereocenters. The lowest BCUT2D eigenvalue weighted by molar-refractivity contribution is 0.473. The van der Waals surface area contributed by atoms with E-state index in [4.69, 9.17) is 5.73 Å². The van der Waals surface area contributed by atoms with Crippen LogP contribution in [-0.4, -0.2) is 11.3 Å². The molecular formula is C18H28FNS. The summed E-state index contributed by atoms with van der Waals surface area (Å²) >= 11 is 1.65. The highest BCUT2D eigenvalue weighted by atomic mass is 32.2. The van der Waals surface area contributed by atoms with Crippen LogP contribution in [-0.2, 0) is 0 Å². The fourth-order valence-electron chi connectivity index (χ4n) is 3.04. The standard InChI is InChI=1S/C18H28FNS/c19-15-11-9-10-13-17(15)21-18-14-8-6-4-2-1-3-5-7-12-16(18)20/h9-11,13,16,18H,1-8,12,14,20H2. The monoisotopic (exact) mass is 309 g/mol. The Bertz CT molecular complexity index is 410. The van der Waals surface area contributed by atoms with Gasteiger partial charge in [-0.3, -0.25) is 0 Å². The summed E-state index contributed by atoms with van der Waals surface area (Å²) < 4.78 is 13.9. The van der Waals surface area contributed by atoms with Crippen LogP contribution in [0.2, 0.25) is 0 Å². The van der Waals surface area contributed by atoms with Gasteiger partial charge in [-0.2, -0.15) is 0 Å². The van der Waals surface area contributed by atoms with E-state index in [-0.39, 0.29) is 11.9 Å². The maximum Gasteiger partial charge on any atom is 0.136 e. The highest BCUT2D eigenvalue weighted by molar-refractivity contribution is 8.00. The van der Waals surface area contributed by atoms with E-state index < -0.39 is 0 Å². The summed E-state index contributed by atoms with van der Waals surface area (Å²) in [7, 11) is 0. The molecule has 1 saturated carbocycles. The number of hydrogen-bond donors (Lipinski definition) is 1. The van der Waals surface area contributed by atoms with Crippen molar-refractivity contribution in [1.29, 1.82) is 0 Å². The van der Waals surface area contributed by atoms with Gasteiger partial charge in [0.25, 0.3) is 0 Å². The number of thioether (sulfide) groups is 1. The second kappa shape index (κ2) is 9.47. The van der Waals surface area contributed by atoms with Crippen molar-refractivity contribution in [2.75, 3.05) is 0 Å². The zero-order chi connectivity index (χ0) is 14.9. The van der Waals surface area contributed by atoms with E-state index in [1.807, 2.05) is 12.1 Å². The second-order valence-electron chi connectivity index (χ2n) is 6.16. The third-order valence-electron chi connectivity index (χ3n) is 4.37. The Morgan fingerprint density at radius 1 is 0.857 bits per heavy atom. The average Bonchev–Trinajstić information content (AvgIpc) is 2.48. The molecule has 3 heteroatoms. The van der Waals surface area contributed by atoms with Gasteiger partial charge in [-0.25, -0.2) is 4.39 Å². The third-order valence-corrected chi connectivity index (χ3v) is 5.84. The van der Waals surface area contributed by atoms with E-state index in [1.54, 1.807) is 23.9 Å². The van der Waals surface area contributed by atoms with Crippen LogP contribution >= 0.6 is 11.8 Å². The molecule has 1 nitrogen and oxygen atoms in total. The Balaban J connectivity index is 1.96. The van der Waals surface area contributed by atoms with Crippen molar-refractivity contribution in [2.24, 2.45) is 5.73 Å². The molecule has 118 valence electrons. The Hall–Kier alpha value is -0.540. The lowest BCUT2D eigenvalue weighted by atomic mass is 9.98. The van der Waals surface area contributed by atoms with Gasteiger partial charge in [-0.1, -0.05) is 63.5 Å². The first kappa shape index (κ1) is 16.8. The lowest BCUT2D eigenvalue weighted by Gasteiger charge is -2.24. The van der Waals surface area contributed by atoms with Crippen LogP contribution in [0.4, 0.5) is 4.39 Å². The largest absolute Gasteiger partial charge is 0.327 e. The van der Waals surface area contributed by atoms with Gasteiger partial charge in [-0.15, -0.1) is 11.8 Å². The first-order valence-corrected chi connectivity index (χ1v) is 9.32. The van der Waals surface area contributed by atoms with Gasteiger partial charge in [0.1, 0.15) is 5.82 Å². The molecule has 1 aliphatic carbocycles. The average molecular weight is 309 g/mol. The third kappa shape index (κ3) is 5.99. The van der Waals surface area contributed by atoms with Gasteiger partial charge in [-0.05, 0) is 25.0 Å². The molecule has 0 radical (unpaired) electrons. The van der Waals surface area contributed by atoms with Crippen LogP contribution in [0.5, 0.6) is 0 Å². The fraction of sp³-hybridized carbons (Fsp3) is 0.667. The highest BCUT2D eigenvalue weighted by Gasteiger charge is 2.20. The molecule has 1 aliphatic rings. The summed E-state index contributed by atoms with van der Waals surface area (Å²) in [6.07, 6.45) is 12.7. The van der Waals surface area contributed by atoms with Gasteiger partial charge in [0, 0.05) is 16.2 Å². The molecule has 0 heterocycles. The molecule has 0 saturated heterocycles. The van der Waals surface area contributed by atoms with E-state index in [0.717, 1.165) is 17.7 Å². The molecule has 1 fully saturated rings. The minimum atomic E-state index is -0.110. The predicted octanol–water partition coefficient (Wildman–Crippen LogP) is 5.53. The van der Waals surface area contributed by atoms with Crippen molar-refractivity contribution in [3.05, 3.63) is 30.1 Å². The molecular weight excluding hydrogens is 281 g/mol. The quantitative estimate of drug-likeness (QED) is 0.777. The van der Waals surface area contributed by atoms with Crippen LogP contribution in [0, 0.1) is 5.82 Å². The lowest BCUT2D eigenvalue weighted by Crippen LogP contribution is -2.32. The molecule has 1 aromatic rings. The van der Waals surface area contributed by atoms with E-state index >= 15 is 0 Å². The van der Waals surface area contributed by atoms with Crippen molar-refractivity contribution in [1.82, 2.24) is 0 Å². The first-order valence-electron chi connectivity index (χ1n) is 8.44. The number of nitrogens with two attached hydrogens (primary N) is 1. The molecule has 0 spiro atoms. The molecule has 21 heavy (non-hydrogen) atoms. The number of rotatable bonds is 2. The van der Waals surface area contributed by atoms with Gasteiger partial charge in [0.2, 0.25) is 0 Å². The van der Waals surface area contributed by atoms with Crippen molar-refractivity contribution in [3.63, 3.8) is 0 Å². The molecule has 2 N–H and O–H groups in total. The Morgan fingerprint density at radius 2 is 1.43 bits per heavy atom. The van der Waals surface area contributed by atoms with E-state index in [0.29, 0.717) is 5.25 Å². The maximum atomic E-state index is 13.9.